The van der Waals surface area contributed by atoms with Crippen molar-refractivity contribution in [2.45, 2.75) is 31.8 Å². The minimum atomic E-state index is -3.40. The van der Waals surface area contributed by atoms with Crippen molar-refractivity contribution < 1.29 is 17.9 Å². The molecule has 1 saturated heterocycles. The SMILES string of the molecule is CN(C)S(=O)(=O)N1Cc2cccn2[C@H](CCOCC2CCOCC2)C1. The van der Waals surface area contributed by atoms with E-state index in [1.165, 1.54) is 4.31 Å². The van der Waals surface area contributed by atoms with Crippen LogP contribution in [-0.4, -0.2) is 68.7 Å². The van der Waals surface area contributed by atoms with Crippen LogP contribution in [0.5, 0.6) is 0 Å². The van der Waals surface area contributed by atoms with Crippen molar-refractivity contribution in [3.8, 4) is 0 Å². The van der Waals surface area contributed by atoms with E-state index in [-0.39, 0.29) is 6.04 Å². The molecule has 25 heavy (non-hydrogen) atoms. The molecule has 3 heterocycles. The molecule has 0 radical (unpaired) electrons. The summed E-state index contributed by atoms with van der Waals surface area (Å²) < 4.78 is 41.3. The topological polar surface area (TPSA) is 64.0 Å². The summed E-state index contributed by atoms with van der Waals surface area (Å²) >= 11 is 0. The lowest BCUT2D eigenvalue weighted by atomic mass is 10.0. The van der Waals surface area contributed by atoms with E-state index in [4.69, 9.17) is 9.47 Å². The van der Waals surface area contributed by atoms with Crippen LogP contribution < -0.4 is 0 Å². The van der Waals surface area contributed by atoms with E-state index >= 15 is 0 Å². The van der Waals surface area contributed by atoms with Crippen molar-refractivity contribution in [3.05, 3.63) is 24.0 Å². The third-order valence-electron chi connectivity index (χ3n) is 5.09. The Morgan fingerprint density at radius 3 is 2.80 bits per heavy atom. The third-order valence-corrected chi connectivity index (χ3v) is 6.94. The minimum absolute atomic E-state index is 0.114. The van der Waals surface area contributed by atoms with Crippen molar-refractivity contribution in [3.63, 3.8) is 0 Å². The maximum absolute atomic E-state index is 12.5. The smallest absolute Gasteiger partial charge is 0.281 e. The van der Waals surface area contributed by atoms with Gasteiger partial charge in [0, 0.05) is 65.0 Å². The maximum Gasteiger partial charge on any atom is 0.281 e. The fraction of sp³-hybridized carbons (Fsp3) is 0.765. The first-order valence-corrected chi connectivity index (χ1v) is 10.4. The predicted octanol–water partition coefficient (Wildman–Crippen LogP) is 1.48. The van der Waals surface area contributed by atoms with Gasteiger partial charge in [-0.3, -0.25) is 0 Å². The van der Waals surface area contributed by atoms with Crippen molar-refractivity contribution >= 4 is 10.2 Å². The Balaban J connectivity index is 1.56. The Kier molecular flexibility index (Phi) is 6.17. The van der Waals surface area contributed by atoms with Gasteiger partial charge in [-0.1, -0.05) is 0 Å². The van der Waals surface area contributed by atoms with E-state index in [0.29, 0.717) is 25.6 Å². The van der Waals surface area contributed by atoms with Gasteiger partial charge in [-0.05, 0) is 37.3 Å². The summed E-state index contributed by atoms with van der Waals surface area (Å²) in [4.78, 5) is 0. The number of aromatic nitrogens is 1. The van der Waals surface area contributed by atoms with Gasteiger partial charge in [0.15, 0.2) is 0 Å². The summed E-state index contributed by atoms with van der Waals surface area (Å²) in [5.41, 5.74) is 1.03. The molecule has 3 rings (SSSR count). The number of rotatable bonds is 7. The summed E-state index contributed by atoms with van der Waals surface area (Å²) in [5.74, 6) is 0.591. The van der Waals surface area contributed by atoms with Crippen molar-refractivity contribution in [2.75, 3.05) is 47.1 Å². The average Bonchev–Trinajstić information content (AvgIpc) is 3.08. The lowest BCUT2D eigenvalue weighted by Crippen LogP contribution is -2.45. The molecule has 1 aromatic rings. The highest BCUT2D eigenvalue weighted by Gasteiger charge is 2.33. The third kappa shape index (κ3) is 4.43. The molecule has 0 spiro atoms. The van der Waals surface area contributed by atoms with Crippen molar-refractivity contribution in [1.29, 1.82) is 0 Å². The van der Waals surface area contributed by atoms with Crippen LogP contribution in [0.15, 0.2) is 18.3 Å². The highest BCUT2D eigenvalue weighted by Crippen LogP contribution is 2.27. The molecular weight excluding hydrogens is 342 g/mol. The van der Waals surface area contributed by atoms with Crippen molar-refractivity contribution in [2.24, 2.45) is 5.92 Å². The lowest BCUT2D eigenvalue weighted by Gasteiger charge is -2.35. The molecule has 0 bridgehead atoms. The minimum Gasteiger partial charge on any atom is -0.381 e. The van der Waals surface area contributed by atoms with E-state index in [2.05, 4.69) is 4.57 Å². The van der Waals surface area contributed by atoms with Crippen LogP contribution in [0, 0.1) is 5.92 Å². The number of ether oxygens (including phenoxy) is 2. The normalized spacial score (nSPS) is 23.1. The number of hydrogen-bond acceptors (Lipinski definition) is 4. The van der Waals surface area contributed by atoms with Crippen molar-refractivity contribution in [1.82, 2.24) is 13.2 Å². The van der Waals surface area contributed by atoms with Crippen LogP contribution in [0.1, 0.15) is 31.0 Å². The molecule has 8 heteroatoms. The Bertz CT molecular complexity index is 653. The van der Waals surface area contributed by atoms with Crippen LogP contribution in [0.3, 0.4) is 0 Å². The fourth-order valence-corrected chi connectivity index (χ4v) is 4.62. The summed E-state index contributed by atoms with van der Waals surface area (Å²) in [5, 5.41) is 0. The first-order chi connectivity index (χ1) is 12.0. The molecule has 2 aliphatic heterocycles. The summed E-state index contributed by atoms with van der Waals surface area (Å²) in [7, 11) is -0.246. The summed E-state index contributed by atoms with van der Waals surface area (Å²) in [6, 6.07) is 4.09. The second-order valence-corrected chi connectivity index (χ2v) is 9.21. The highest BCUT2D eigenvalue weighted by molar-refractivity contribution is 7.86. The Morgan fingerprint density at radius 1 is 1.32 bits per heavy atom. The Labute approximate surface area is 150 Å². The molecular formula is C17H29N3O4S. The second kappa shape index (κ2) is 8.18. The Hall–Kier alpha value is -0.930. The van der Waals surface area contributed by atoms with Crippen LogP contribution in [-0.2, 0) is 26.2 Å². The zero-order valence-corrected chi connectivity index (χ0v) is 16.0. The number of fused-ring (bicyclic) bond motifs is 1. The summed E-state index contributed by atoms with van der Waals surface area (Å²) in [6.07, 6.45) is 4.99. The maximum atomic E-state index is 12.5. The number of nitrogens with zero attached hydrogens (tertiary/aromatic N) is 3. The predicted molar refractivity (Wildman–Crippen MR) is 95.5 cm³/mol. The quantitative estimate of drug-likeness (QED) is 0.681. The van der Waals surface area contributed by atoms with Gasteiger partial charge in [0.1, 0.15) is 0 Å². The van der Waals surface area contributed by atoms with Crippen LogP contribution in [0.2, 0.25) is 0 Å². The number of hydrogen-bond donors (Lipinski definition) is 0. The molecule has 1 fully saturated rings. The molecule has 0 N–H and O–H groups in total. The molecule has 0 aliphatic carbocycles. The van der Waals surface area contributed by atoms with E-state index in [0.717, 1.165) is 44.8 Å². The van der Waals surface area contributed by atoms with Gasteiger partial charge < -0.3 is 14.0 Å². The zero-order chi connectivity index (χ0) is 17.9. The van der Waals surface area contributed by atoms with Crippen LogP contribution in [0.25, 0.3) is 0 Å². The van der Waals surface area contributed by atoms with Gasteiger partial charge in [-0.15, -0.1) is 0 Å². The molecule has 7 nitrogen and oxygen atoms in total. The van der Waals surface area contributed by atoms with Gasteiger partial charge in [0.25, 0.3) is 10.2 Å². The average molecular weight is 372 g/mol. The highest BCUT2D eigenvalue weighted by atomic mass is 32.2. The molecule has 2 aliphatic rings. The first-order valence-electron chi connectivity index (χ1n) is 8.97. The standard InChI is InChI=1S/C17H29N3O4S/c1-18(2)25(21,22)19-12-16-4-3-8-20(16)17(13-19)7-11-24-14-15-5-9-23-10-6-15/h3-4,8,15,17H,5-7,9-14H2,1-2H3/t17-/m1/s1. The van der Waals surface area contributed by atoms with E-state index < -0.39 is 10.2 Å². The molecule has 0 unspecified atom stereocenters. The monoisotopic (exact) mass is 371 g/mol. The molecule has 0 amide bonds. The largest absolute Gasteiger partial charge is 0.381 e. The molecule has 1 atom stereocenters. The van der Waals surface area contributed by atoms with E-state index in [1.54, 1.807) is 18.4 Å². The van der Waals surface area contributed by atoms with Gasteiger partial charge >= 0.3 is 0 Å². The molecule has 0 aromatic carbocycles. The zero-order valence-electron chi connectivity index (χ0n) is 15.1. The molecule has 1 aromatic heterocycles. The van der Waals surface area contributed by atoms with Gasteiger partial charge in [-0.2, -0.15) is 17.0 Å². The van der Waals surface area contributed by atoms with E-state index in [9.17, 15) is 8.42 Å². The van der Waals surface area contributed by atoms with Gasteiger partial charge in [0.2, 0.25) is 0 Å². The first kappa shape index (κ1) is 18.8. The lowest BCUT2D eigenvalue weighted by molar-refractivity contribution is 0.0171. The van der Waals surface area contributed by atoms with Gasteiger partial charge in [-0.25, -0.2) is 0 Å². The fourth-order valence-electron chi connectivity index (χ4n) is 3.51. The molecule has 0 saturated carbocycles. The Morgan fingerprint density at radius 2 is 2.08 bits per heavy atom. The van der Waals surface area contributed by atoms with Gasteiger partial charge in [0.05, 0.1) is 6.54 Å². The van der Waals surface area contributed by atoms with E-state index in [1.807, 2.05) is 18.3 Å². The van der Waals surface area contributed by atoms with Crippen LogP contribution in [0.4, 0.5) is 0 Å². The second-order valence-electron chi connectivity index (χ2n) is 7.06. The van der Waals surface area contributed by atoms with Crippen LogP contribution >= 0.6 is 0 Å². The summed E-state index contributed by atoms with van der Waals surface area (Å²) in [6.45, 7) is 4.00. The molecule has 142 valence electrons.